The number of benzene rings is 1. The quantitative estimate of drug-likeness (QED) is 0.870. The van der Waals surface area contributed by atoms with Gasteiger partial charge in [0.1, 0.15) is 17.6 Å². The minimum atomic E-state index is -0.545. The molecular weight excluding hydrogens is 349 g/mol. The predicted octanol–water partition coefficient (Wildman–Crippen LogP) is 3.49. The van der Waals surface area contributed by atoms with Crippen molar-refractivity contribution in [2.75, 3.05) is 11.9 Å². The van der Waals surface area contributed by atoms with Crippen molar-refractivity contribution in [3.05, 3.63) is 47.5 Å². The number of hydrogen-bond acceptors (Lipinski definition) is 4. The third-order valence-electron chi connectivity index (χ3n) is 4.88. The van der Waals surface area contributed by atoms with Crippen LogP contribution in [0.4, 0.5) is 10.2 Å². The van der Waals surface area contributed by atoms with Gasteiger partial charge in [0.05, 0.1) is 5.92 Å². The first kappa shape index (κ1) is 19.1. The zero-order valence-corrected chi connectivity index (χ0v) is 15.7. The smallest absolute Gasteiger partial charge is 0.248 e. The van der Waals surface area contributed by atoms with E-state index in [9.17, 15) is 14.0 Å². The number of halogens is 1. The second-order valence-corrected chi connectivity index (χ2v) is 7.27. The Morgan fingerprint density at radius 2 is 2.00 bits per heavy atom. The zero-order chi connectivity index (χ0) is 19.6. The van der Waals surface area contributed by atoms with Gasteiger partial charge in [0, 0.05) is 12.6 Å². The van der Waals surface area contributed by atoms with E-state index in [4.69, 9.17) is 4.52 Å². The number of hydrogen-bond donors (Lipinski definition) is 1. The van der Waals surface area contributed by atoms with Crippen molar-refractivity contribution in [3.8, 4) is 0 Å². The second-order valence-electron chi connectivity index (χ2n) is 7.27. The van der Waals surface area contributed by atoms with E-state index in [0.717, 1.165) is 12.0 Å². The monoisotopic (exact) mass is 373 g/mol. The molecule has 2 atom stereocenters. The summed E-state index contributed by atoms with van der Waals surface area (Å²) in [6.07, 6.45) is 1.36. The molecule has 3 rings (SSSR count). The molecular formula is C20H24FN3O3. The number of carbonyl (C=O) groups excluding carboxylic acids is 2. The van der Waals surface area contributed by atoms with Gasteiger partial charge in [0.15, 0.2) is 5.82 Å². The molecule has 0 spiro atoms. The van der Waals surface area contributed by atoms with Gasteiger partial charge in [-0.25, -0.2) is 4.39 Å². The number of amides is 2. The molecule has 1 aliphatic rings. The summed E-state index contributed by atoms with van der Waals surface area (Å²) in [5.41, 5.74) is 0.759. The highest BCUT2D eigenvalue weighted by molar-refractivity contribution is 5.98. The molecule has 0 radical (unpaired) electrons. The minimum absolute atomic E-state index is 0.0189. The van der Waals surface area contributed by atoms with Crippen molar-refractivity contribution >= 4 is 17.6 Å². The van der Waals surface area contributed by atoms with Crippen LogP contribution in [0.15, 0.2) is 34.9 Å². The number of anilines is 1. The van der Waals surface area contributed by atoms with Crippen LogP contribution in [0.5, 0.6) is 0 Å². The van der Waals surface area contributed by atoms with Crippen LogP contribution in [0.1, 0.15) is 43.9 Å². The fraction of sp³-hybridized carbons (Fsp3) is 0.450. The highest BCUT2D eigenvalue weighted by atomic mass is 19.1. The Bertz CT molecular complexity index is 816. The highest BCUT2D eigenvalue weighted by Crippen LogP contribution is 2.31. The van der Waals surface area contributed by atoms with Crippen molar-refractivity contribution in [2.24, 2.45) is 5.92 Å². The summed E-state index contributed by atoms with van der Waals surface area (Å²) in [4.78, 5) is 27.6. The first-order valence-electron chi connectivity index (χ1n) is 9.17. The Labute approximate surface area is 157 Å². The molecule has 1 unspecified atom stereocenters. The Hall–Kier alpha value is -2.70. The van der Waals surface area contributed by atoms with Crippen molar-refractivity contribution in [2.45, 2.75) is 45.6 Å². The molecule has 7 heteroatoms. The molecule has 1 aromatic heterocycles. The van der Waals surface area contributed by atoms with Crippen LogP contribution in [0.3, 0.4) is 0 Å². The molecule has 1 aromatic carbocycles. The highest BCUT2D eigenvalue weighted by Gasteiger charge is 2.38. The van der Waals surface area contributed by atoms with Crippen molar-refractivity contribution in [1.29, 1.82) is 0 Å². The van der Waals surface area contributed by atoms with Gasteiger partial charge in [0.2, 0.25) is 11.8 Å². The minimum Gasteiger partial charge on any atom is -0.360 e. The number of carbonyl (C=O) groups is 2. The molecule has 0 saturated carbocycles. The molecule has 1 saturated heterocycles. The first-order valence-corrected chi connectivity index (χ1v) is 9.17. The summed E-state index contributed by atoms with van der Waals surface area (Å²) in [5, 5.41) is 6.49. The maximum atomic E-state index is 13.3. The number of rotatable bonds is 5. The molecule has 2 amide bonds. The van der Waals surface area contributed by atoms with Gasteiger partial charge in [-0.2, -0.15) is 0 Å². The number of nitrogens with one attached hydrogen (secondary N) is 1. The normalized spacial score (nSPS) is 18.0. The maximum absolute atomic E-state index is 13.3. The fourth-order valence-electron chi connectivity index (χ4n) is 3.60. The molecule has 0 bridgehead atoms. The molecule has 144 valence electrons. The molecule has 2 heterocycles. The standard InChI is InChI=1S/C20H24FN3O3/c1-12(2)18(14-6-8-15(21)9-7-14)20(26)24-10-4-5-16(24)19(25)22-17-11-13(3)27-23-17/h6-9,11-12,16,18H,4-5,10H2,1-3H3,(H,22,23,25)/t16-,18?/m0/s1. The third kappa shape index (κ3) is 4.18. The molecule has 1 fully saturated rings. The van der Waals surface area contributed by atoms with E-state index in [1.54, 1.807) is 30.0 Å². The van der Waals surface area contributed by atoms with Gasteiger partial charge >= 0.3 is 0 Å². The van der Waals surface area contributed by atoms with Crippen LogP contribution in [0.25, 0.3) is 0 Å². The molecule has 1 aliphatic heterocycles. The Balaban J connectivity index is 1.78. The van der Waals surface area contributed by atoms with Gasteiger partial charge < -0.3 is 14.7 Å². The SMILES string of the molecule is Cc1cc(NC(=O)[C@@H]2CCCN2C(=O)C(c2ccc(F)cc2)C(C)C)no1. The average molecular weight is 373 g/mol. The number of aromatic nitrogens is 1. The Morgan fingerprint density at radius 1 is 1.30 bits per heavy atom. The van der Waals surface area contributed by atoms with E-state index in [1.165, 1.54) is 12.1 Å². The lowest BCUT2D eigenvalue weighted by molar-refractivity contribution is -0.138. The lowest BCUT2D eigenvalue weighted by Gasteiger charge is -2.30. The van der Waals surface area contributed by atoms with E-state index in [1.807, 2.05) is 13.8 Å². The topological polar surface area (TPSA) is 75.4 Å². The van der Waals surface area contributed by atoms with Crippen LogP contribution < -0.4 is 5.32 Å². The number of likely N-dealkylation sites (tertiary alicyclic amines) is 1. The van der Waals surface area contributed by atoms with E-state index in [-0.39, 0.29) is 23.5 Å². The van der Waals surface area contributed by atoms with Crippen LogP contribution in [0, 0.1) is 18.7 Å². The van der Waals surface area contributed by atoms with Crippen LogP contribution in [-0.2, 0) is 9.59 Å². The maximum Gasteiger partial charge on any atom is 0.248 e. The van der Waals surface area contributed by atoms with Gasteiger partial charge in [-0.05, 0) is 43.4 Å². The summed E-state index contributed by atoms with van der Waals surface area (Å²) >= 11 is 0. The number of aryl methyl sites for hydroxylation is 1. The molecule has 27 heavy (non-hydrogen) atoms. The van der Waals surface area contributed by atoms with Gasteiger partial charge in [0.25, 0.3) is 0 Å². The molecule has 6 nitrogen and oxygen atoms in total. The largest absolute Gasteiger partial charge is 0.360 e. The van der Waals surface area contributed by atoms with Gasteiger partial charge in [-0.15, -0.1) is 0 Å². The Kier molecular flexibility index (Phi) is 5.58. The third-order valence-corrected chi connectivity index (χ3v) is 4.88. The van der Waals surface area contributed by atoms with E-state index in [0.29, 0.717) is 24.5 Å². The lowest BCUT2D eigenvalue weighted by Crippen LogP contribution is -2.46. The van der Waals surface area contributed by atoms with Crippen LogP contribution >= 0.6 is 0 Å². The first-order chi connectivity index (χ1) is 12.9. The summed E-state index contributed by atoms with van der Waals surface area (Å²) in [6, 6.07) is 7.09. The molecule has 0 aliphatic carbocycles. The van der Waals surface area contributed by atoms with Gasteiger partial charge in [-0.3, -0.25) is 9.59 Å². The van der Waals surface area contributed by atoms with Crippen molar-refractivity contribution < 1.29 is 18.5 Å². The Morgan fingerprint density at radius 3 is 2.59 bits per heavy atom. The zero-order valence-electron chi connectivity index (χ0n) is 15.7. The summed E-state index contributed by atoms with van der Waals surface area (Å²) in [7, 11) is 0. The summed E-state index contributed by atoms with van der Waals surface area (Å²) < 4.78 is 18.2. The van der Waals surface area contributed by atoms with Gasteiger partial charge in [-0.1, -0.05) is 31.1 Å². The second kappa shape index (κ2) is 7.90. The number of nitrogens with zero attached hydrogens (tertiary/aromatic N) is 2. The van der Waals surface area contributed by atoms with E-state index >= 15 is 0 Å². The lowest BCUT2D eigenvalue weighted by atomic mass is 9.87. The van der Waals surface area contributed by atoms with Crippen molar-refractivity contribution in [1.82, 2.24) is 10.1 Å². The summed E-state index contributed by atoms with van der Waals surface area (Å²) in [5.74, 6) is -0.174. The van der Waals surface area contributed by atoms with Crippen LogP contribution in [0.2, 0.25) is 0 Å². The molecule has 2 aromatic rings. The van der Waals surface area contributed by atoms with E-state index < -0.39 is 12.0 Å². The predicted molar refractivity (Wildman–Crippen MR) is 98.6 cm³/mol. The van der Waals surface area contributed by atoms with Crippen molar-refractivity contribution in [3.63, 3.8) is 0 Å². The fourth-order valence-corrected chi connectivity index (χ4v) is 3.60. The molecule has 1 N–H and O–H groups in total. The average Bonchev–Trinajstić information content (AvgIpc) is 3.25. The van der Waals surface area contributed by atoms with E-state index in [2.05, 4.69) is 10.5 Å². The van der Waals surface area contributed by atoms with Crippen LogP contribution in [-0.4, -0.2) is 34.5 Å². The summed E-state index contributed by atoms with van der Waals surface area (Å²) in [6.45, 7) is 6.17.